The Morgan fingerprint density at radius 1 is 1.07 bits per heavy atom. The number of amides is 1. The predicted molar refractivity (Wildman–Crippen MR) is 116 cm³/mol. The zero-order valence-corrected chi connectivity index (χ0v) is 18.2. The van der Waals surface area contributed by atoms with Gasteiger partial charge in [0, 0.05) is 23.8 Å². The average Bonchev–Trinajstić information content (AvgIpc) is 2.69. The number of halogens is 2. The number of sulfonamides is 1. The third-order valence-corrected chi connectivity index (χ3v) is 6.79. The Kier molecular flexibility index (Phi) is 7.10. The van der Waals surface area contributed by atoms with Gasteiger partial charge in [0.05, 0.1) is 28.7 Å². The van der Waals surface area contributed by atoms with E-state index < -0.39 is 15.9 Å². The highest BCUT2D eigenvalue weighted by Crippen LogP contribution is 2.21. The monoisotopic (exact) mass is 473 g/mol. The molecule has 7 nitrogen and oxygen atoms in total. The molecule has 0 unspecified atom stereocenters. The first-order valence-electron chi connectivity index (χ1n) is 8.53. The molecule has 0 atom stereocenters. The molecule has 0 radical (unpaired) electrons. The van der Waals surface area contributed by atoms with Crippen molar-refractivity contribution in [2.75, 3.05) is 31.6 Å². The van der Waals surface area contributed by atoms with Crippen LogP contribution in [-0.2, 0) is 14.8 Å². The molecule has 154 valence electrons. The number of ether oxygens (including phenoxy) is 1. The van der Waals surface area contributed by atoms with Crippen LogP contribution in [0.5, 0.6) is 0 Å². The van der Waals surface area contributed by atoms with E-state index in [2.05, 4.69) is 10.6 Å². The lowest BCUT2D eigenvalue weighted by molar-refractivity contribution is 0.0730. The van der Waals surface area contributed by atoms with Crippen LogP contribution in [-0.4, -0.2) is 50.0 Å². The molecule has 1 heterocycles. The van der Waals surface area contributed by atoms with Crippen LogP contribution in [0.15, 0.2) is 47.4 Å². The Balaban J connectivity index is 1.63. The van der Waals surface area contributed by atoms with Gasteiger partial charge in [0.25, 0.3) is 5.91 Å². The van der Waals surface area contributed by atoms with Crippen LogP contribution in [0.3, 0.4) is 0 Å². The Morgan fingerprint density at radius 2 is 1.72 bits per heavy atom. The van der Waals surface area contributed by atoms with Gasteiger partial charge in [0.1, 0.15) is 0 Å². The number of hydrogen-bond donors (Lipinski definition) is 2. The van der Waals surface area contributed by atoms with E-state index in [1.54, 1.807) is 18.2 Å². The standard InChI is InChI=1S/C18H17Cl2N3O4S2/c19-12-1-6-15(16(20)11-12)17(24)22-18(28)21-13-2-4-14(5-3-13)29(25,26)23-7-9-27-10-8-23/h1-6,11H,7-10H2,(H2,21,22,24,28). The van der Waals surface area contributed by atoms with E-state index in [0.717, 1.165) is 0 Å². The van der Waals surface area contributed by atoms with Gasteiger partial charge in [-0.05, 0) is 54.7 Å². The van der Waals surface area contributed by atoms with E-state index in [-0.39, 0.29) is 20.6 Å². The van der Waals surface area contributed by atoms with Crippen molar-refractivity contribution in [2.45, 2.75) is 4.90 Å². The molecule has 1 fully saturated rings. The van der Waals surface area contributed by atoms with Gasteiger partial charge in [-0.1, -0.05) is 23.2 Å². The molecule has 0 spiro atoms. The fourth-order valence-electron chi connectivity index (χ4n) is 2.65. The van der Waals surface area contributed by atoms with Gasteiger partial charge in [-0.25, -0.2) is 8.42 Å². The highest BCUT2D eigenvalue weighted by atomic mass is 35.5. The molecule has 0 aromatic heterocycles. The highest BCUT2D eigenvalue weighted by molar-refractivity contribution is 7.89. The smallest absolute Gasteiger partial charge is 0.258 e. The molecular formula is C18H17Cl2N3O4S2. The number of nitrogens with one attached hydrogen (secondary N) is 2. The third-order valence-electron chi connectivity index (χ3n) is 4.12. The second-order valence-corrected chi connectivity index (χ2v) is 9.26. The SMILES string of the molecule is O=C(NC(=S)Nc1ccc(S(=O)(=O)N2CCOCC2)cc1)c1ccc(Cl)cc1Cl. The zero-order chi connectivity index (χ0) is 21.0. The molecule has 3 rings (SSSR count). The Hall–Kier alpha value is -1.75. The molecule has 2 N–H and O–H groups in total. The van der Waals surface area contributed by atoms with Gasteiger partial charge in [-0.2, -0.15) is 4.31 Å². The summed E-state index contributed by atoms with van der Waals surface area (Å²) in [6.45, 7) is 1.41. The van der Waals surface area contributed by atoms with Crippen molar-refractivity contribution in [1.29, 1.82) is 0 Å². The van der Waals surface area contributed by atoms with E-state index in [9.17, 15) is 13.2 Å². The first kappa shape index (κ1) is 21.9. The molecule has 1 aliphatic heterocycles. The normalized spacial score (nSPS) is 15.0. The van der Waals surface area contributed by atoms with Crippen molar-refractivity contribution in [1.82, 2.24) is 9.62 Å². The highest BCUT2D eigenvalue weighted by Gasteiger charge is 2.26. The number of carbonyl (C=O) groups is 1. The number of thiocarbonyl (C=S) groups is 1. The fourth-order valence-corrected chi connectivity index (χ4v) is 4.77. The number of carbonyl (C=O) groups excluding carboxylic acids is 1. The van der Waals surface area contributed by atoms with Gasteiger partial charge in [0.15, 0.2) is 5.11 Å². The maximum atomic E-state index is 12.6. The Labute approximate surface area is 184 Å². The van der Waals surface area contributed by atoms with E-state index in [1.165, 1.54) is 28.6 Å². The lowest BCUT2D eigenvalue weighted by Gasteiger charge is -2.26. The van der Waals surface area contributed by atoms with Crippen molar-refractivity contribution in [3.63, 3.8) is 0 Å². The summed E-state index contributed by atoms with van der Waals surface area (Å²) in [6, 6.07) is 10.6. The number of anilines is 1. The molecule has 1 aliphatic rings. The molecule has 2 aromatic carbocycles. The van der Waals surface area contributed by atoms with E-state index in [0.29, 0.717) is 37.0 Å². The minimum absolute atomic E-state index is 0.0461. The molecular weight excluding hydrogens is 457 g/mol. The molecule has 2 aromatic rings. The summed E-state index contributed by atoms with van der Waals surface area (Å²) in [5.41, 5.74) is 0.755. The van der Waals surface area contributed by atoms with E-state index >= 15 is 0 Å². The minimum Gasteiger partial charge on any atom is -0.379 e. The quantitative estimate of drug-likeness (QED) is 0.663. The molecule has 1 amide bonds. The maximum Gasteiger partial charge on any atom is 0.258 e. The van der Waals surface area contributed by atoms with E-state index in [4.69, 9.17) is 40.2 Å². The van der Waals surface area contributed by atoms with E-state index in [1.807, 2.05) is 0 Å². The van der Waals surface area contributed by atoms with Crippen molar-refractivity contribution in [2.24, 2.45) is 0 Å². The predicted octanol–water partition coefficient (Wildman–Crippen LogP) is 3.14. The summed E-state index contributed by atoms with van der Waals surface area (Å²) in [4.78, 5) is 12.5. The van der Waals surface area contributed by atoms with Gasteiger partial charge in [0.2, 0.25) is 10.0 Å². The fraction of sp³-hybridized carbons (Fsp3) is 0.222. The van der Waals surface area contributed by atoms with Crippen LogP contribution in [0.1, 0.15) is 10.4 Å². The molecule has 0 aliphatic carbocycles. The summed E-state index contributed by atoms with van der Waals surface area (Å²) >= 11 is 17.0. The van der Waals surface area contributed by atoms with Crippen molar-refractivity contribution >= 4 is 62.2 Å². The minimum atomic E-state index is -3.57. The molecule has 0 bridgehead atoms. The van der Waals surface area contributed by atoms with Crippen LogP contribution in [0.4, 0.5) is 5.69 Å². The Morgan fingerprint density at radius 3 is 2.34 bits per heavy atom. The Bertz CT molecular complexity index is 1020. The van der Waals surface area contributed by atoms with Crippen LogP contribution < -0.4 is 10.6 Å². The number of morpholine rings is 1. The molecule has 11 heteroatoms. The van der Waals surface area contributed by atoms with Crippen molar-refractivity contribution in [3.8, 4) is 0 Å². The topological polar surface area (TPSA) is 87.7 Å². The van der Waals surface area contributed by atoms with Crippen molar-refractivity contribution < 1.29 is 17.9 Å². The first-order valence-corrected chi connectivity index (χ1v) is 11.1. The number of nitrogens with zero attached hydrogens (tertiary/aromatic N) is 1. The van der Waals surface area contributed by atoms with Crippen LogP contribution in [0.25, 0.3) is 0 Å². The second kappa shape index (κ2) is 9.38. The average molecular weight is 474 g/mol. The lowest BCUT2D eigenvalue weighted by atomic mass is 10.2. The van der Waals surface area contributed by atoms with Crippen LogP contribution in [0.2, 0.25) is 10.0 Å². The lowest BCUT2D eigenvalue weighted by Crippen LogP contribution is -2.40. The molecule has 0 saturated carbocycles. The van der Waals surface area contributed by atoms with Gasteiger partial charge in [-0.15, -0.1) is 0 Å². The largest absolute Gasteiger partial charge is 0.379 e. The zero-order valence-electron chi connectivity index (χ0n) is 15.0. The van der Waals surface area contributed by atoms with Crippen molar-refractivity contribution in [3.05, 3.63) is 58.1 Å². The van der Waals surface area contributed by atoms with Gasteiger partial charge >= 0.3 is 0 Å². The summed E-state index contributed by atoms with van der Waals surface area (Å²) in [7, 11) is -3.57. The van der Waals surface area contributed by atoms with Gasteiger partial charge < -0.3 is 10.1 Å². The van der Waals surface area contributed by atoms with Gasteiger partial charge in [-0.3, -0.25) is 10.1 Å². The number of benzene rings is 2. The first-order chi connectivity index (χ1) is 13.8. The maximum absolute atomic E-state index is 12.6. The summed E-state index contributed by atoms with van der Waals surface area (Å²) < 4.78 is 31.8. The summed E-state index contributed by atoms with van der Waals surface area (Å²) in [5, 5.41) is 6.01. The summed E-state index contributed by atoms with van der Waals surface area (Å²) in [6.07, 6.45) is 0. The number of hydrogen-bond acceptors (Lipinski definition) is 5. The van der Waals surface area contributed by atoms with Crippen LogP contribution in [0, 0.1) is 0 Å². The second-order valence-electron chi connectivity index (χ2n) is 6.07. The molecule has 29 heavy (non-hydrogen) atoms. The number of rotatable bonds is 4. The third kappa shape index (κ3) is 5.44. The summed E-state index contributed by atoms with van der Waals surface area (Å²) in [5.74, 6) is -0.490. The van der Waals surface area contributed by atoms with Crippen LogP contribution >= 0.6 is 35.4 Å². The molecule has 1 saturated heterocycles.